The maximum absolute atomic E-state index is 13.4. The van der Waals surface area contributed by atoms with Crippen molar-refractivity contribution in [1.82, 2.24) is 9.80 Å². The number of unbranched alkanes of at least 4 members (excludes halogenated alkanes) is 1. The molecule has 3 heterocycles. The molecule has 3 aliphatic rings. The first-order valence-electron chi connectivity index (χ1n) is 14.1. The lowest BCUT2D eigenvalue weighted by molar-refractivity contribution is -0.140. The van der Waals surface area contributed by atoms with E-state index in [0.717, 1.165) is 67.9 Å². The summed E-state index contributed by atoms with van der Waals surface area (Å²) in [4.78, 5) is 30.7. The van der Waals surface area contributed by atoms with Crippen molar-refractivity contribution in [2.75, 3.05) is 46.0 Å². The summed E-state index contributed by atoms with van der Waals surface area (Å²) in [5.41, 5.74) is 2.39. The van der Waals surface area contributed by atoms with Crippen LogP contribution in [-0.2, 0) is 20.7 Å². The Morgan fingerprint density at radius 3 is 2.56 bits per heavy atom. The SMILES string of the molecule is CCCCOc1ccc(C2/C(=C(/O)c3ccc4c(c3)CC(C)O4)C(=O)C(=O)N2CCCN2CCOCC2)cc1. The van der Waals surface area contributed by atoms with E-state index in [4.69, 9.17) is 14.2 Å². The Morgan fingerprint density at radius 2 is 1.82 bits per heavy atom. The van der Waals surface area contributed by atoms with Crippen LogP contribution in [0.5, 0.6) is 11.5 Å². The van der Waals surface area contributed by atoms with Crippen molar-refractivity contribution in [2.45, 2.75) is 51.7 Å². The number of aliphatic hydroxyl groups is 1. The molecule has 2 fully saturated rings. The molecule has 2 aromatic rings. The number of carbonyl (C=O) groups is 2. The highest BCUT2D eigenvalue weighted by atomic mass is 16.5. The van der Waals surface area contributed by atoms with Gasteiger partial charge >= 0.3 is 0 Å². The molecule has 1 N–H and O–H groups in total. The van der Waals surface area contributed by atoms with Crippen molar-refractivity contribution in [2.24, 2.45) is 0 Å². The number of ether oxygens (including phenoxy) is 3. The van der Waals surface area contributed by atoms with Crippen LogP contribution in [0.1, 0.15) is 55.8 Å². The van der Waals surface area contributed by atoms with Crippen molar-refractivity contribution < 1.29 is 28.9 Å². The number of likely N-dealkylation sites (tertiary alicyclic amines) is 1. The fraction of sp³-hybridized carbons (Fsp3) is 0.484. The maximum Gasteiger partial charge on any atom is 0.295 e. The maximum atomic E-state index is 13.4. The Balaban J connectivity index is 1.45. The minimum absolute atomic E-state index is 0.0625. The monoisotopic (exact) mass is 534 g/mol. The number of aliphatic hydroxyl groups excluding tert-OH is 1. The number of carbonyl (C=O) groups excluding carboxylic acids is 2. The molecule has 2 saturated heterocycles. The molecule has 208 valence electrons. The molecule has 0 bridgehead atoms. The van der Waals surface area contributed by atoms with Crippen molar-refractivity contribution in [3.63, 3.8) is 0 Å². The van der Waals surface area contributed by atoms with E-state index >= 15 is 0 Å². The highest BCUT2D eigenvalue weighted by Crippen LogP contribution is 2.41. The van der Waals surface area contributed by atoms with Gasteiger partial charge in [-0.05, 0) is 61.2 Å². The minimum atomic E-state index is -0.678. The Bertz CT molecular complexity index is 1220. The van der Waals surface area contributed by atoms with Crippen LogP contribution in [0.15, 0.2) is 48.0 Å². The highest BCUT2D eigenvalue weighted by molar-refractivity contribution is 6.46. The molecule has 5 rings (SSSR count). The van der Waals surface area contributed by atoms with Gasteiger partial charge < -0.3 is 24.2 Å². The van der Waals surface area contributed by atoms with Crippen LogP contribution in [0.2, 0.25) is 0 Å². The molecule has 2 unspecified atom stereocenters. The van der Waals surface area contributed by atoms with E-state index in [9.17, 15) is 14.7 Å². The van der Waals surface area contributed by atoms with Crippen molar-refractivity contribution in [1.29, 1.82) is 0 Å². The molecule has 0 saturated carbocycles. The number of rotatable bonds is 10. The van der Waals surface area contributed by atoms with E-state index in [-0.39, 0.29) is 17.4 Å². The summed E-state index contributed by atoms with van der Waals surface area (Å²) in [6.07, 6.45) is 3.53. The van der Waals surface area contributed by atoms with Crippen LogP contribution < -0.4 is 9.47 Å². The molecular weight excluding hydrogens is 496 g/mol. The van der Waals surface area contributed by atoms with Crippen LogP contribution in [0, 0.1) is 0 Å². The van der Waals surface area contributed by atoms with E-state index in [2.05, 4.69) is 11.8 Å². The van der Waals surface area contributed by atoms with Crippen LogP contribution in [0.4, 0.5) is 0 Å². The summed E-state index contributed by atoms with van der Waals surface area (Å²) in [6, 6.07) is 12.3. The molecule has 2 atom stereocenters. The molecule has 1 amide bonds. The molecule has 0 radical (unpaired) electrons. The third-order valence-electron chi connectivity index (χ3n) is 7.65. The van der Waals surface area contributed by atoms with Gasteiger partial charge in [-0.2, -0.15) is 0 Å². The van der Waals surface area contributed by atoms with Crippen molar-refractivity contribution in [3.05, 3.63) is 64.7 Å². The topological polar surface area (TPSA) is 88.5 Å². The lowest BCUT2D eigenvalue weighted by Gasteiger charge is -2.29. The number of morpholine rings is 1. The van der Waals surface area contributed by atoms with Gasteiger partial charge in [-0.3, -0.25) is 14.5 Å². The van der Waals surface area contributed by atoms with E-state index in [0.29, 0.717) is 31.9 Å². The Hall–Kier alpha value is -3.36. The second kappa shape index (κ2) is 12.2. The summed E-state index contributed by atoms with van der Waals surface area (Å²) in [7, 11) is 0. The quantitative estimate of drug-likeness (QED) is 0.210. The fourth-order valence-corrected chi connectivity index (χ4v) is 5.55. The van der Waals surface area contributed by atoms with Gasteiger partial charge in [0.1, 0.15) is 23.4 Å². The van der Waals surface area contributed by atoms with Gasteiger partial charge in [-0.1, -0.05) is 25.5 Å². The molecular formula is C31H38N2O6. The summed E-state index contributed by atoms with van der Waals surface area (Å²) in [6.45, 7) is 9.12. The van der Waals surface area contributed by atoms with Crippen LogP contribution in [0.25, 0.3) is 5.76 Å². The Morgan fingerprint density at radius 1 is 1.05 bits per heavy atom. The van der Waals surface area contributed by atoms with E-state index < -0.39 is 17.7 Å². The molecule has 8 heteroatoms. The predicted octanol–water partition coefficient (Wildman–Crippen LogP) is 4.33. The smallest absolute Gasteiger partial charge is 0.295 e. The number of ketones is 1. The number of hydrogen-bond donors (Lipinski definition) is 1. The largest absolute Gasteiger partial charge is 0.507 e. The van der Waals surface area contributed by atoms with Gasteiger partial charge in [0, 0.05) is 38.2 Å². The second-order valence-corrected chi connectivity index (χ2v) is 10.5. The third-order valence-corrected chi connectivity index (χ3v) is 7.65. The zero-order valence-electron chi connectivity index (χ0n) is 22.9. The molecule has 0 aliphatic carbocycles. The fourth-order valence-electron chi connectivity index (χ4n) is 5.55. The first-order chi connectivity index (χ1) is 19.0. The molecule has 3 aliphatic heterocycles. The number of fused-ring (bicyclic) bond motifs is 1. The van der Waals surface area contributed by atoms with E-state index in [1.165, 1.54) is 0 Å². The summed E-state index contributed by atoms with van der Waals surface area (Å²) >= 11 is 0. The number of benzene rings is 2. The van der Waals surface area contributed by atoms with Crippen LogP contribution in [-0.4, -0.2) is 78.7 Å². The number of nitrogens with zero attached hydrogens (tertiary/aromatic N) is 2. The van der Waals surface area contributed by atoms with Crippen LogP contribution >= 0.6 is 0 Å². The Kier molecular flexibility index (Phi) is 8.53. The van der Waals surface area contributed by atoms with Gasteiger partial charge in [0.15, 0.2) is 0 Å². The second-order valence-electron chi connectivity index (χ2n) is 10.5. The van der Waals surface area contributed by atoms with Gasteiger partial charge in [-0.15, -0.1) is 0 Å². The lowest BCUT2D eigenvalue weighted by Crippen LogP contribution is -2.38. The zero-order chi connectivity index (χ0) is 27.4. The van der Waals surface area contributed by atoms with Crippen molar-refractivity contribution in [3.8, 4) is 11.5 Å². The van der Waals surface area contributed by atoms with E-state index in [1.807, 2.05) is 43.3 Å². The molecule has 0 spiro atoms. The van der Waals surface area contributed by atoms with Gasteiger partial charge in [0.2, 0.25) is 0 Å². The summed E-state index contributed by atoms with van der Waals surface area (Å²) in [5.74, 6) is 0.142. The minimum Gasteiger partial charge on any atom is -0.507 e. The molecule has 0 aromatic heterocycles. The molecule has 2 aromatic carbocycles. The zero-order valence-corrected chi connectivity index (χ0v) is 22.9. The average Bonchev–Trinajstić information content (AvgIpc) is 3.45. The average molecular weight is 535 g/mol. The third kappa shape index (κ3) is 5.97. The number of hydrogen-bond acceptors (Lipinski definition) is 7. The van der Waals surface area contributed by atoms with E-state index in [1.54, 1.807) is 11.0 Å². The predicted molar refractivity (Wildman–Crippen MR) is 148 cm³/mol. The first kappa shape index (κ1) is 27.2. The lowest BCUT2D eigenvalue weighted by atomic mass is 9.94. The summed E-state index contributed by atoms with van der Waals surface area (Å²) in [5, 5.41) is 11.5. The number of amides is 1. The van der Waals surface area contributed by atoms with Crippen LogP contribution in [0.3, 0.4) is 0 Å². The number of Topliss-reactive ketones (excluding diaryl/α,β-unsaturated/α-hetero) is 1. The van der Waals surface area contributed by atoms with Gasteiger partial charge in [0.25, 0.3) is 11.7 Å². The molecule has 8 nitrogen and oxygen atoms in total. The molecule has 39 heavy (non-hydrogen) atoms. The van der Waals surface area contributed by atoms with Gasteiger partial charge in [0.05, 0.1) is 31.4 Å². The standard InChI is InChI=1S/C31H38N2O6/c1-3-4-16-38-25-9-6-22(7-10-25)28-27(29(34)23-8-11-26-24(20-23)19-21(2)39-26)30(35)31(36)33(28)13-5-12-32-14-17-37-18-15-32/h6-11,20-21,28,34H,3-5,12-19H2,1-2H3/b29-27-. The first-order valence-corrected chi connectivity index (χ1v) is 14.1. The highest BCUT2D eigenvalue weighted by Gasteiger charge is 2.46. The normalized spacial score (nSPS) is 22.7. The van der Waals surface area contributed by atoms with Crippen molar-refractivity contribution >= 4 is 17.4 Å². The Labute approximate surface area is 230 Å². The summed E-state index contributed by atoms with van der Waals surface area (Å²) < 4.78 is 17.1. The van der Waals surface area contributed by atoms with Gasteiger partial charge in [-0.25, -0.2) is 0 Å².